The van der Waals surface area contributed by atoms with Gasteiger partial charge < -0.3 is 0 Å². The quantitative estimate of drug-likeness (QED) is 0.599. The lowest BCUT2D eigenvalue weighted by atomic mass is 10.1. The van der Waals surface area contributed by atoms with Crippen LogP contribution in [0.3, 0.4) is 0 Å². The van der Waals surface area contributed by atoms with Crippen molar-refractivity contribution in [3.8, 4) is 0 Å². The van der Waals surface area contributed by atoms with Crippen molar-refractivity contribution < 1.29 is 4.79 Å². The third-order valence-electron chi connectivity index (χ3n) is 2.60. The maximum Gasteiger partial charge on any atom is 0.224 e. The highest BCUT2D eigenvalue weighted by Crippen LogP contribution is 2.26. The predicted molar refractivity (Wildman–Crippen MR) is 77.5 cm³/mol. The summed E-state index contributed by atoms with van der Waals surface area (Å²) in [5.41, 5.74) is 2.61. The average molecular weight is 254 g/mol. The fourth-order valence-corrected chi connectivity index (χ4v) is 2.26. The van der Waals surface area contributed by atoms with Crippen molar-refractivity contribution in [2.75, 3.05) is 0 Å². The summed E-state index contributed by atoms with van der Waals surface area (Å²) in [6.07, 6.45) is 0. The predicted octanol–water partition coefficient (Wildman–Crippen LogP) is 4.33. The Hall–Kier alpha value is -1.80. The van der Waals surface area contributed by atoms with Crippen molar-refractivity contribution in [3.63, 3.8) is 0 Å². The molecule has 0 aliphatic rings. The van der Waals surface area contributed by atoms with E-state index in [0.29, 0.717) is 5.57 Å². The van der Waals surface area contributed by atoms with Gasteiger partial charge in [0.25, 0.3) is 0 Å². The molecule has 0 fully saturated rings. The Kier molecular flexibility index (Phi) is 4.00. The van der Waals surface area contributed by atoms with Gasteiger partial charge in [0.05, 0.1) is 0 Å². The van der Waals surface area contributed by atoms with Gasteiger partial charge in [0, 0.05) is 10.5 Å². The first-order valence-corrected chi connectivity index (χ1v) is 6.51. The van der Waals surface area contributed by atoms with Gasteiger partial charge in [-0.3, -0.25) is 4.79 Å². The summed E-state index contributed by atoms with van der Waals surface area (Å²) in [6.45, 7) is 5.90. The number of hydrogen-bond acceptors (Lipinski definition) is 2. The molecule has 0 saturated heterocycles. The second-order valence-corrected chi connectivity index (χ2v) is 5.09. The van der Waals surface area contributed by atoms with Gasteiger partial charge in [0.2, 0.25) is 5.12 Å². The van der Waals surface area contributed by atoms with E-state index in [1.54, 1.807) is 0 Å². The van der Waals surface area contributed by atoms with Gasteiger partial charge in [-0.1, -0.05) is 54.6 Å². The third-order valence-corrected chi connectivity index (χ3v) is 3.54. The molecule has 0 radical (unpaired) electrons. The van der Waals surface area contributed by atoms with E-state index in [2.05, 4.69) is 6.58 Å². The fraction of sp³-hybridized carbons (Fsp3) is 0.0625. The van der Waals surface area contributed by atoms with Gasteiger partial charge in [-0.2, -0.15) is 0 Å². The Labute approximate surface area is 112 Å². The average Bonchev–Trinajstić information content (AvgIpc) is 2.41. The van der Waals surface area contributed by atoms with Crippen molar-refractivity contribution >= 4 is 22.5 Å². The van der Waals surface area contributed by atoms with Crippen molar-refractivity contribution in [1.82, 2.24) is 0 Å². The second kappa shape index (κ2) is 5.69. The van der Waals surface area contributed by atoms with Gasteiger partial charge in [-0.25, -0.2) is 0 Å². The lowest BCUT2D eigenvalue weighted by Crippen LogP contribution is -1.95. The molecular formula is C16H14OS. The van der Waals surface area contributed by atoms with Crippen LogP contribution in [-0.4, -0.2) is 5.12 Å². The Morgan fingerprint density at radius 1 is 1.00 bits per heavy atom. The molecular weight excluding hydrogens is 240 g/mol. The number of rotatable bonds is 3. The van der Waals surface area contributed by atoms with E-state index in [9.17, 15) is 4.79 Å². The Bertz CT molecular complexity index is 555. The molecule has 0 heterocycles. The summed E-state index contributed by atoms with van der Waals surface area (Å²) in [5, 5.41) is -0.00921. The highest BCUT2D eigenvalue weighted by atomic mass is 32.2. The topological polar surface area (TPSA) is 17.1 Å². The van der Waals surface area contributed by atoms with Crippen molar-refractivity contribution in [3.05, 3.63) is 72.3 Å². The van der Waals surface area contributed by atoms with E-state index < -0.39 is 0 Å². The molecule has 0 unspecified atom stereocenters. The zero-order valence-electron chi connectivity index (χ0n) is 10.2. The number of hydrogen-bond donors (Lipinski definition) is 0. The highest BCUT2D eigenvalue weighted by molar-refractivity contribution is 8.14. The van der Waals surface area contributed by atoms with E-state index in [1.165, 1.54) is 17.3 Å². The molecule has 2 aromatic rings. The van der Waals surface area contributed by atoms with Gasteiger partial charge in [-0.15, -0.1) is 0 Å². The lowest BCUT2D eigenvalue weighted by Gasteiger charge is -2.04. The van der Waals surface area contributed by atoms with Gasteiger partial charge in [0.15, 0.2) is 0 Å². The van der Waals surface area contributed by atoms with Gasteiger partial charge in [0.1, 0.15) is 0 Å². The maximum absolute atomic E-state index is 12.1. The monoisotopic (exact) mass is 254 g/mol. The molecule has 0 aromatic heterocycles. The summed E-state index contributed by atoms with van der Waals surface area (Å²) < 4.78 is 0. The Morgan fingerprint density at radius 3 is 2.22 bits per heavy atom. The standard InChI is InChI=1S/C16H14OS/c1-12-8-10-15(11-9-12)18-16(17)13(2)14-6-4-3-5-7-14/h3-11H,2H2,1H3. The number of benzene rings is 2. The SMILES string of the molecule is C=C(C(=O)Sc1ccc(C)cc1)c1ccccc1. The molecule has 0 spiro atoms. The molecule has 0 aliphatic heterocycles. The van der Waals surface area contributed by atoms with Crippen molar-refractivity contribution in [2.24, 2.45) is 0 Å². The minimum Gasteiger partial charge on any atom is -0.281 e. The lowest BCUT2D eigenvalue weighted by molar-refractivity contribution is -0.106. The van der Waals surface area contributed by atoms with E-state index >= 15 is 0 Å². The van der Waals surface area contributed by atoms with E-state index in [-0.39, 0.29) is 5.12 Å². The maximum atomic E-state index is 12.1. The van der Waals surface area contributed by atoms with Crippen LogP contribution in [0, 0.1) is 6.92 Å². The molecule has 0 bridgehead atoms. The third kappa shape index (κ3) is 3.11. The van der Waals surface area contributed by atoms with Crippen molar-refractivity contribution in [2.45, 2.75) is 11.8 Å². The van der Waals surface area contributed by atoms with Crippen LogP contribution in [0.25, 0.3) is 5.57 Å². The highest BCUT2D eigenvalue weighted by Gasteiger charge is 2.10. The first-order valence-electron chi connectivity index (χ1n) is 5.70. The minimum atomic E-state index is -0.00921. The van der Waals surface area contributed by atoms with Crippen LogP contribution >= 0.6 is 11.8 Å². The van der Waals surface area contributed by atoms with Gasteiger partial charge in [-0.05, 0) is 36.4 Å². The van der Waals surface area contributed by atoms with E-state index in [4.69, 9.17) is 0 Å². The number of aryl methyl sites for hydroxylation is 1. The molecule has 0 saturated carbocycles. The second-order valence-electron chi connectivity index (χ2n) is 4.05. The van der Waals surface area contributed by atoms with Crippen LogP contribution in [0.5, 0.6) is 0 Å². The van der Waals surface area contributed by atoms with Gasteiger partial charge >= 0.3 is 0 Å². The summed E-state index contributed by atoms with van der Waals surface area (Å²) >= 11 is 1.22. The van der Waals surface area contributed by atoms with E-state index in [1.807, 2.05) is 61.5 Å². The molecule has 1 nitrogen and oxygen atoms in total. The number of carbonyl (C=O) groups is 1. The molecule has 0 amide bonds. The van der Waals surface area contributed by atoms with E-state index in [0.717, 1.165) is 10.5 Å². The van der Waals surface area contributed by atoms with Crippen LogP contribution in [-0.2, 0) is 4.79 Å². The fourth-order valence-electron chi connectivity index (χ4n) is 1.53. The number of thioether (sulfide) groups is 1. The Morgan fingerprint density at radius 2 is 1.61 bits per heavy atom. The molecule has 2 rings (SSSR count). The van der Waals surface area contributed by atoms with Crippen LogP contribution < -0.4 is 0 Å². The summed E-state index contributed by atoms with van der Waals surface area (Å²) in [5.74, 6) is 0. The zero-order chi connectivity index (χ0) is 13.0. The van der Waals surface area contributed by atoms with Crippen LogP contribution in [0.1, 0.15) is 11.1 Å². The van der Waals surface area contributed by atoms with Crippen LogP contribution in [0.2, 0.25) is 0 Å². The summed E-state index contributed by atoms with van der Waals surface area (Å²) in [7, 11) is 0. The molecule has 90 valence electrons. The minimum absolute atomic E-state index is 0.00921. The first-order chi connectivity index (χ1) is 8.66. The molecule has 18 heavy (non-hydrogen) atoms. The first kappa shape index (κ1) is 12.7. The molecule has 0 N–H and O–H groups in total. The summed E-state index contributed by atoms with van der Waals surface area (Å²) in [4.78, 5) is 13.0. The molecule has 0 atom stereocenters. The largest absolute Gasteiger partial charge is 0.281 e. The van der Waals surface area contributed by atoms with Crippen LogP contribution in [0.15, 0.2) is 66.1 Å². The molecule has 2 aromatic carbocycles. The van der Waals surface area contributed by atoms with Crippen molar-refractivity contribution in [1.29, 1.82) is 0 Å². The zero-order valence-corrected chi connectivity index (χ0v) is 11.0. The molecule has 2 heteroatoms. The number of carbonyl (C=O) groups excluding carboxylic acids is 1. The molecule has 0 aliphatic carbocycles. The van der Waals surface area contributed by atoms with Crippen LogP contribution in [0.4, 0.5) is 0 Å². The smallest absolute Gasteiger partial charge is 0.224 e. The summed E-state index contributed by atoms with van der Waals surface area (Å²) in [6, 6.07) is 17.4. The Balaban J connectivity index is 2.09. The normalized spacial score (nSPS) is 10.1.